The average molecular weight is 307 g/mol. The topological polar surface area (TPSA) is 35.6 Å². The van der Waals surface area contributed by atoms with Crippen LogP contribution in [0.15, 0.2) is 24.3 Å². The van der Waals surface area contributed by atoms with Crippen molar-refractivity contribution in [2.45, 2.75) is 12.8 Å². The standard InChI is InChI=1S/C16H25N3OS/c1-18-8-10-19(11-9-18)7-5-14-3-2-4-15(13-14)17-16(20)6-12-21/h2-4,13,21H,5-12H2,1H3,(H,17,20). The van der Waals surface area contributed by atoms with Gasteiger partial charge in [0.25, 0.3) is 0 Å². The van der Waals surface area contributed by atoms with Crippen LogP contribution in [0.3, 0.4) is 0 Å². The molecule has 1 heterocycles. The number of hydrogen-bond acceptors (Lipinski definition) is 4. The van der Waals surface area contributed by atoms with Crippen LogP contribution in [0, 0.1) is 0 Å². The zero-order valence-electron chi connectivity index (χ0n) is 12.7. The molecule has 1 aromatic rings. The van der Waals surface area contributed by atoms with Gasteiger partial charge < -0.3 is 15.1 Å². The maximum Gasteiger partial charge on any atom is 0.225 e. The quantitative estimate of drug-likeness (QED) is 0.786. The molecule has 4 nitrogen and oxygen atoms in total. The Bertz CT molecular complexity index is 459. The van der Waals surface area contributed by atoms with Crippen LogP contribution in [0.4, 0.5) is 5.69 Å². The molecule has 2 rings (SSSR count). The van der Waals surface area contributed by atoms with Gasteiger partial charge in [-0.05, 0) is 36.9 Å². The fourth-order valence-corrected chi connectivity index (χ4v) is 2.69. The van der Waals surface area contributed by atoms with Gasteiger partial charge in [-0.1, -0.05) is 12.1 Å². The number of benzene rings is 1. The Morgan fingerprint density at radius 2 is 2.05 bits per heavy atom. The number of carbonyl (C=O) groups excluding carboxylic acids is 1. The number of nitrogens with zero attached hydrogens (tertiary/aromatic N) is 2. The normalized spacial score (nSPS) is 16.9. The Kier molecular flexibility index (Phi) is 6.54. The molecule has 1 N–H and O–H groups in total. The number of piperazine rings is 1. The summed E-state index contributed by atoms with van der Waals surface area (Å²) in [7, 11) is 2.17. The van der Waals surface area contributed by atoms with Crippen LogP contribution in [0.1, 0.15) is 12.0 Å². The Hall–Kier alpha value is -1.04. The van der Waals surface area contributed by atoms with Gasteiger partial charge in [0.1, 0.15) is 0 Å². The van der Waals surface area contributed by atoms with Crippen LogP contribution in [0.5, 0.6) is 0 Å². The maximum absolute atomic E-state index is 11.6. The molecule has 21 heavy (non-hydrogen) atoms. The van der Waals surface area contributed by atoms with Gasteiger partial charge in [-0.25, -0.2) is 0 Å². The van der Waals surface area contributed by atoms with Crippen molar-refractivity contribution in [1.82, 2.24) is 9.80 Å². The van der Waals surface area contributed by atoms with Crippen LogP contribution >= 0.6 is 12.6 Å². The second-order valence-electron chi connectivity index (χ2n) is 5.62. The summed E-state index contributed by atoms with van der Waals surface area (Å²) in [6.07, 6.45) is 1.48. The third-order valence-corrected chi connectivity index (χ3v) is 4.09. The number of nitrogens with one attached hydrogen (secondary N) is 1. The Balaban J connectivity index is 1.82. The van der Waals surface area contributed by atoms with Crippen molar-refractivity contribution in [3.8, 4) is 0 Å². The SMILES string of the molecule is CN1CCN(CCc2cccc(NC(=O)CCS)c2)CC1. The fraction of sp³-hybridized carbons (Fsp3) is 0.562. The summed E-state index contributed by atoms with van der Waals surface area (Å²) in [4.78, 5) is 16.5. The van der Waals surface area contributed by atoms with E-state index in [0.29, 0.717) is 12.2 Å². The van der Waals surface area contributed by atoms with Crippen LogP contribution in [0.25, 0.3) is 0 Å². The van der Waals surface area contributed by atoms with Crippen LogP contribution in [-0.2, 0) is 11.2 Å². The lowest BCUT2D eigenvalue weighted by molar-refractivity contribution is -0.115. The fourth-order valence-electron chi connectivity index (χ4n) is 2.49. The molecular formula is C16H25N3OS. The van der Waals surface area contributed by atoms with Crippen molar-refractivity contribution in [3.63, 3.8) is 0 Å². The zero-order chi connectivity index (χ0) is 15.1. The highest BCUT2D eigenvalue weighted by molar-refractivity contribution is 7.80. The predicted octanol–water partition coefficient (Wildman–Crippen LogP) is 1.73. The first-order chi connectivity index (χ1) is 10.2. The Labute approximate surface area is 132 Å². The smallest absolute Gasteiger partial charge is 0.225 e. The Morgan fingerprint density at radius 1 is 1.29 bits per heavy atom. The second-order valence-corrected chi connectivity index (χ2v) is 6.06. The highest BCUT2D eigenvalue weighted by Gasteiger charge is 2.13. The van der Waals surface area contributed by atoms with Gasteiger partial charge in [-0.2, -0.15) is 12.6 Å². The van der Waals surface area contributed by atoms with E-state index in [-0.39, 0.29) is 5.91 Å². The van der Waals surface area contributed by atoms with E-state index in [1.807, 2.05) is 12.1 Å². The van der Waals surface area contributed by atoms with E-state index >= 15 is 0 Å². The maximum atomic E-state index is 11.6. The van der Waals surface area contributed by atoms with Crippen molar-refractivity contribution in [2.24, 2.45) is 0 Å². The van der Waals surface area contributed by atoms with Gasteiger partial charge in [0.15, 0.2) is 0 Å². The number of amides is 1. The molecule has 0 radical (unpaired) electrons. The van der Waals surface area contributed by atoms with Crippen LogP contribution in [-0.4, -0.2) is 61.2 Å². The number of rotatable bonds is 6. The number of thiol groups is 1. The number of likely N-dealkylation sites (N-methyl/N-ethyl adjacent to an activating group) is 1. The molecular weight excluding hydrogens is 282 g/mol. The summed E-state index contributed by atoms with van der Waals surface area (Å²) in [5.74, 6) is 0.607. The molecule has 0 aromatic heterocycles. The molecule has 1 fully saturated rings. The minimum Gasteiger partial charge on any atom is -0.326 e. The number of anilines is 1. The molecule has 5 heteroatoms. The van der Waals surface area contributed by atoms with E-state index in [0.717, 1.165) is 44.8 Å². The van der Waals surface area contributed by atoms with Gasteiger partial charge in [0, 0.05) is 44.8 Å². The minimum atomic E-state index is 0.0289. The highest BCUT2D eigenvalue weighted by Crippen LogP contribution is 2.12. The van der Waals surface area contributed by atoms with Gasteiger partial charge >= 0.3 is 0 Å². The zero-order valence-corrected chi connectivity index (χ0v) is 13.6. The van der Waals surface area contributed by atoms with Crippen molar-refractivity contribution in [2.75, 3.05) is 50.8 Å². The summed E-state index contributed by atoms with van der Waals surface area (Å²) in [5.41, 5.74) is 2.16. The summed E-state index contributed by atoms with van der Waals surface area (Å²) in [5, 5.41) is 2.92. The molecule has 0 saturated carbocycles. The first-order valence-corrected chi connectivity index (χ1v) is 8.21. The molecule has 0 atom stereocenters. The largest absolute Gasteiger partial charge is 0.326 e. The van der Waals surface area contributed by atoms with E-state index < -0.39 is 0 Å². The van der Waals surface area contributed by atoms with Gasteiger partial charge in [0.05, 0.1) is 0 Å². The lowest BCUT2D eigenvalue weighted by Crippen LogP contribution is -2.45. The number of hydrogen-bond donors (Lipinski definition) is 2. The summed E-state index contributed by atoms with van der Waals surface area (Å²) < 4.78 is 0. The molecule has 1 saturated heterocycles. The van der Waals surface area contributed by atoms with Crippen LogP contribution < -0.4 is 5.32 Å². The van der Waals surface area contributed by atoms with Crippen molar-refractivity contribution in [1.29, 1.82) is 0 Å². The van der Waals surface area contributed by atoms with E-state index in [1.165, 1.54) is 5.56 Å². The number of carbonyl (C=O) groups is 1. The van der Waals surface area contributed by atoms with E-state index in [2.05, 4.69) is 46.9 Å². The molecule has 0 spiro atoms. The van der Waals surface area contributed by atoms with Gasteiger partial charge in [0.2, 0.25) is 5.91 Å². The molecule has 0 unspecified atom stereocenters. The molecule has 1 aliphatic rings. The Morgan fingerprint density at radius 3 is 2.76 bits per heavy atom. The second kappa shape index (κ2) is 8.41. The molecule has 1 amide bonds. The summed E-state index contributed by atoms with van der Waals surface area (Å²) >= 11 is 4.08. The third-order valence-electron chi connectivity index (χ3n) is 3.86. The van der Waals surface area contributed by atoms with Gasteiger partial charge in [-0.15, -0.1) is 0 Å². The van der Waals surface area contributed by atoms with Crippen molar-refractivity contribution >= 4 is 24.2 Å². The van der Waals surface area contributed by atoms with Crippen molar-refractivity contribution < 1.29 is 4.79 Å². The van der Waals surface area contributed by atoms with Crippen molar-refractivity contribution in [3.05, 3.63) is 29.8 Å². The van der Waals surface area contributed by atoms with Crippen LogP contribution in [0.2, 0.25) is 0 Å². The molecule has 116 valence electrons. The van der Waals surface area contributed by atoms with E-state index in [1.54, 1.807) is 0 Å². The highest BCUT2D eigenvalue weighted by atomic mass is 32.1. The van der Waals surface area contributed by atoms with Gasteiger partial charge in [-0.3, -0.25) is 4.79 Å². The van der Waals surface area contributed by atoms with E-state index in [9.17, 15) is 4.79 Å². The average Bonchev–Trinajstić information content (AvgIpc) is 2.47. The molecule has 0 aliphatic carbocycles. The lowest BCUT2D eigenvalue weighted by Gasteiger charge is -2.32. The predicted molar refractivity (Wildman–Crippen MR) is 91.2 cm³/mol. The molecule has 0 bridgehead atoms. The first kappa shape index (κ1) is 16.3. The summed E-state index contributed by atoms with van der Waals surface area (Å²) in [6.45, 7) is 5.69. The lowest BCUT2D eigenvalue weighted by atomic mass is 10.1. The third kappa shape index (κ3) is 5.69. The minimum absolute atomic E-state index is 0.0289. The first-order valence-electron chi connectivity index (χ1n) is 7.58. The monoisotopic (exact) mass is 307 g/mol. The summed E-state index contributed by atoms with van der Waals surface area (Å²) in [6, 6.07) is 8.15. The molecule has 1 aliphatic heterocycles. The molecule has 1 aromatic carbocycles. The van der Waals surface area contributed by atoms with E-state index in [4.69, 9.17) is 0 Å².